The highest BCUT2D eigenvalue weighted by atomic mass is 16.2. The second-order valence-electron chi connectivity index (χ2n) is 7.44. The van der Waals surface area contributed by atoms with E-state index in [1.807, 2.05) is 44.4 Å². The van der Waals surface area contributed by atoms with Crippen LogP contribution in [0.2, 0.25) is 0 Å². The van der Waals surface area contributed by atoms with Gasteiger partial charge in [0.15, 0.2) is 5.69 Å². The normalized spacial score (nSPS) is 14.7. The van der Waals surface area contributed by atoms with Crippen LogP contribution in [-0.4, -0.2) is 40.2 Å². The minimum absolute atomic E-state index is 0.0675. The van der Waals surface area contributed by atoms with Gasteiger partial charge in [-0.15, -0.1) is 0 Å². The summed E-state index contributed by atoms with van der Waals surface area (Å²) in [7, 11) is 0. The Balaban J connectivity index is 1.68. The van der Waals surface area contributed by atoms with Gasteiger partial charge in [0.1, 0.15) is 0 Å². The lowest BCUT2D eigenvalue weighted by Gasteiger charge is -2.28. The number of anilines is 1. The molecule has 0 aliphatic carbocycles. The number of carbonyl (C=O) groups is 1. The average molecular weight is 363 g/mol. The average Bonchev–Trinajstić information content (AvgIpc) is 3.11. The van der Waals surface area contributed by atoms with Crippen molar-refractivity contribution in [2.45, 2.75) is 39.2 Å². The van der Waals surface area contributed by atoms with Crippen LogP contribution in [0.1, 0.15) is 43.6 Å². The van der Waals surface area contributed by atoms with Gasteiger partial charge in [-0.25, -0.2) is 0 Å². The quantitative estimate of drug-likeness (QED) is 0.740. The minimum atomic E-state index is -0.159. The van der Waals surface area contributed by atoms with Crippen molar-refractivity contribution < 1.29 is 4.79 Å². The molecule has 3 heterocycles. The molecule has 6 heteroatoms. The Morgan fingerprint density at radius 1 is 1.11 bits per heavy atom. The summed E-state index contributed by atoms with van der Waals surface area (Å²) in [4.78, 5) is 19.3. The van der Waals surface area contributed by atoms with Crippen LogP contribution in [0.15, 0.2) is 36.7 Å². The van der Waals surface area contributed by atoms with Crippen molar-refractivity contribution in [2.24, 2.45) is 0 Å². The Morgan fingerprint density at radius 2 is 1.93 bits per heavy atom. The van der Waals surface area contributed by atoms with Crippen LogP contribution >= 0.6 is 0 Å². The number of pyridine rings is 1. The second kappa shape index (κ2) is 7.39. The van der Waals surface area contributed by atoms with Gasteiger partial charge in [-0.1, -0.05) is 6.07 Å². The smallest absolute Gasteiger partial charge is 0.272 e. The van der Waals surface area contributed by atoms with Crippen LogP contribution in [0.25, 0.3) is 22.0 Å². The second-order valence-corrected chi connectivity index (χ2v) is 7.44. The number of fused-ring (bicyclic) bond motifs is 1. The predicted molar refractivity (Wildman–Crippen MR) is 108 cm³/mol. The van der Waals surface area contributed by atoms with Crippen molar-refractivity contribution in [3.8, 4) is 11.1 Å². The van der Waals surface area contributed by atoms with Crippen molar-refractivity contribution in [1.82, 2.24) is 20.5 Å². The molecule has 4 rings (SSSR count). The lowest BCUT2D eigenvalue weighted by atomic mass is 10.0. The highest BCUT2D eigenvalue weighted by Gasteiger charge is 2.16. The Hall–Kier alpha value is -2.89. The number of aromatic nitrogens is 3. The van der Waals surface area contributed by atoms with E-state index in [4.69, 9.17) is 0 Å². The topological polar surface area (TPSA) is 73.9 Å². The number of piperidine rings is 1. The zero-order chi connectivity index (χ0) is 18.8. The maximum atomic E-state index is 12.4. The molecule has 0 spiro atoms. The van der Waals surface area contributed by atoms with Crippen LogP contribution in [-0.2, 0) is 0 Å². The maximum absolute atomic E-state index is 12.4. The van der Waals surface area contributed by atoms with Crippen molar-refractivity contribution in [1.29, 1.82) is 0 Å². The molecule has 0 radical (unpaired) electrons. The van der Waals surface area contributed by atoms with Gasteiger partial charge >= 0.3 is 0 Å². The van der Waals surface area contributed by atoms with Crippen LogP contribution < -0.4 is 10.2 Å². The van der Waals surface area contributed by atoms with Crippen molar-refractivity contribution in [2.75, 3.05) is 18.0 Å². The van der Waals surface area contributed by atoms with Gasteiger partial charge in [0.2, 0.25) is 0 Å². The first kappa shape index (κ1) is 17.5. The van der Waals surface area contributed by atoms with Crippen molar-refractivity contribution in [3.05, 3.63) is 42.4 Å². The van der Waals surface area contributed by atoms with Crippen molar-refractivity contribution >= 4 is 22.5 Å². The molecule has 140 valence electrons. The fourth-order valence-electron chi connectivity index (χ4n) is 3.61. The molecule has 1 aliphatic rings. The van der Waals surface area contributed by atoms with Crippen LogP contribution in [0.3, 0.4) is 0 Å². The van der Waals surface area contributed by atoms with Gasteiger partial charge in [0.05, 0.1) is 17.4 Å². The van der Waals surface area contributed by atoms with Crippen LogP contribution in [0, 0.1) is 0 Å². The van der Waals surface area contributed by atoms with E-state index < -0.39 is 0 Å². The zero-order valence-corrected chi connectivity index (χ0v) is 15.8. The fourth-order valence-corrected chi connectivity index (χ4v) is 3.61. The van der Waals surface area contributed by atoms with E-state index in [2.05, 4.69) is 31.5 Å². The summed E-state index contributed by atoms with van der Waals surface area (Å²) in [6.45, 7) is 6.06. The minimum Gasteiger partial charge on any atom is -0.370 e. The summed E-state index contributed by atoms with van der Waals surface area (Å²) in [5.74, 6) is -0.159. The molecule has 1 aromatic carbocycles. The highest BCUT2D eigenvalue weighted by Crippen LogP contribution is 2.28. The highest BCUT2D eigenvalue weighted by molar-refractivity contribution is 6.05. The van der Waals surface area contributed by atoms with E-state index in [1.165, 1.54) is 19.3 Å². The number of hydrogen-bond acceptors (Lipinski definition) is 4. The van der Waals surface area contributed by atoms with E-state index >= 15 is 0 Å². The van der Waals surface area contributed by atoms with E-state index in [9.17, 15) is 4.79 Å². The first-order chi connectivity index (χ1) is 13.1. The lowest BCUT2D eigenvalue weighted by molar-refractivity contribution is 0.0939. The molecular weight excluding hydrogens is 338 g/mol. The molecular formula is C21H25N5O. The number of hydrogen-bond donors (Lipinski definition) is 2. The summed E-state index contributed by atoms with van der Waals surface area (Å²) in [5, 5.41) is 10.9. The number of benzene rings is 1. The molecule has 0 atom stereocenters. The summed E-state index contributed by atoms with van der Waals surface area (Å²) in [6, 6.07) is 8.29. The van der Waals surface area contributed by atoms with Gasteiger partial charge in [0.25, 0.3) is 5.91 Å². The fraction of sp³-hybridized carbons (Fsp3) is 0.381. The predicted octanol–water partition coefficient (Wildman–Crippen LogP) is 3.75. The standard InChI is InChI=1S/C21H25N5O/c1-14(2)23-21(27)20-18-11-15(6-7-19(18)24-25-20)16-10-17(13-22-12-16)26-8-4-3-5-9-26/h6-7,10-14H,3-5,8-9H2,1-2H3,(H,23,27)(H,24,25). The van der Waals surface area contributed by atoms with E-state index in [0.29, 0.717) is 5.69 Å². The zero-order valence-electron chi connectivity index (χ0n) is 15.8. The maximum Gasteiger partial charge on any atom is 0.272 e. The Labute approximate surface area is 159 Å². The Kier molecular flexibility index (Phi) is 4.79. The SMILES string of the molecule is CC(C)NC(=O)c1n[nH]c2ccc(-c3cncc(N4CCCCC4)c3)cc12. The first-order valence-corrected chi connectivity index (χ1v) is 9.61. The molecule has 1 aliphatic heterocycles. The van der Waals surface area contributed by atoms with Gasteiger partial charge in [-0.3, -0.25) is 14.9 Å². The monoisotopic (exact) mass is 363 g/mol. The Morgan fingerprint density at radius 3 is 2.70 bits per heavy atom. The third kappa shape index (κ3) is 3.65. The first-order valence-electron chi connectivity index (χ1n) is 9.61. The summed E-state index contributed by atoms with van der Waals surface area (Å²) < 4.78 is 0. The van der Waals surface area contributed by atoms with Gasteiger partial charge in [-0.05, 0) is 56.9 Å². The summed E-state index contributed by atoms with van der Waals surface area (Å²) in [5.41, 5.74) is 4.54. The number of nitrogens with one attached hydrogen (secondary N) is 2. The molecule has 0 saturated carbocycles. The molecule has 27 heavy (non-hydrogen) atoms. The number of amides is 1. The van der Waals surface area contributed by atoms with Gasteiger partial charge < -0.3 is 10.2 Å². The molecule has 0 bridgehead atoms. The van der Waals surface area contributed by atoms with E-state index in [0.717, 1.165) is 40.8 Å². The third-order valence-corrected chi connectivity index (χ3v) is 4.98. The number of nitrogens with zero attached hydrogens (tertiary/aromatic N) is 3. The molecule has 2 N–H and O–H groups in total. The molecule has 1 fully saturated rings. The van der Waals surface area contributed by atoms with E-state index in [1.54, 1.807) is 0 Å². The summed E-state index contributed by atoms with van der Waals surface area (Å²) >= 11 is 0. The largest absolute Gasteiger partial charge is 0.370 e. The molecule has 3 aromatic rings. The van der Waals surface area contributed by atoms with E-state index in [-0.39, 0.29) is 11.9 Å². The molecule has 6 nitrogen and oxygen atoms in total. The Bertz CT molecular complexity index is 956. The van der Waals surface area contributed by atoms with Crippen molar-refractivity contribution in [3.63, 3.8) is 0 Å². The molecule has 2 aromatic heterocycles. The molecule has 1 amide bonds. The van der Waals surface area contributed by atoms with Gasteiger partial charge in [-0.2, -0.15) is 5.10 Å². The number of carbonyl (C=O) groups excluding carboxylic acids is 1. The van der Waals surface area contributed by atoms with Crippen LogP contribution in [0.4, 0.5) is 5.69 Å². The third-order valence-electron chi connectivity index (χ3n) is 4.98. The lowest BCUT2D eigenvalue weighted by Crippen LogP contribution is -2.30. The number of aromatic amines is 1. The van der Waals surface area contributed by atoms with Gasteiger partial charge in [0, 0.05) is 36.3 Å². The summed E-state index contributed by atoms with van der Waals surface area (Å²) in [6.07, 6.45) is 7.59. The molecule has 0 unspecified atom stereocenters. The van der Waals surface area contributed by atoms with Crippen LogP contribution in [0.5, 0.6) is 0 Å². The number of rotatable bonds is 4. The molecule has 1 saturated heterocycles. The number of H-pyrrole nitrogens is 1.